The number of carbonyl (C=O) groups is 1. The summed E-state index contributed by atoms with van der Waals surface area (Å²) in [7, 11) is 1.40. The summed E-state index contributed by atoms with van der Waals surface area (Å²) in [5, 5.41) is 1.11. The van der Waals surface area contributed by atoms with E-state index in [0.29, 0.717) is 11.9 Å². The molecular weight excluding hydrogens is 396 g/mol. The highest BCUT2D eigenvalue weighted by atomic mass is 32.1. The van der Waals surface area contributed by atoms with E-state index in [-0.39, 0.29) is 12.4 Å². The second kappa shape index (κ2) is 8.22. The van der Waals surface area contributed by atoms with Gasteiger partial charge in [0, 0.05) is 36.2 Å². The minimum Gasteiger partial charge on any atom is -0.469 e. The molecule has 0 spiro atoms. The number of thiophene rings is 1. The lowest BCUT2D eigenvalue weighted by Crippen LogP contribution is -2.52. The average Bonchev–Trinajstić information content (AvgIpc) is 3.01. The van der Waals surface area contributed by atoms with Crippen LogP contribution in [-0.4, -0.2) is 48.7 Å². The molecule has 1 aromatic carbocycles. The largest absolute Gasteiger partial charge is 0.469 e. The first-order chi connectivity index (χ1) is 14.4. The number of carbonyl (C=O) groups excluding carboxylic acids is 1. The summed E-state index contributed by atoms with van der Waals surface area (Å²) in [5.41, 5.74) is 3.76. The van der Waals surface area contributed by atoms with E-state index in [9.17, 15) is 4.79 Å². The van der Waals surface area contributed by atoms with E-state index in [2.05, 4.69) is 66.7 Å². The smallest absolute Gasteiger partial charge is 0.313 e. The molecule has 2 aromatic heterocycles. The molecule has 158 valence electrons. The van der Waals surface area contributed by atoms with Gasteiger partial charge in [-0.15, -0.1) is 11.3 Å². The minimum atomic E-state index is -0.317. The number of anilines is 2. The maximum absolute atomic E-state index is 11.8. The molecule has 0 unspecified atom stereocenters. The van der Waals surface area contributed by atoms with Crippen LogP contribution in [-0.2, 0) is 16.0 Å². The van der Waals surface area contributed by atoms with Crippen LogP contribution < -0.4 is 9.80 Å². The predicted molar refractivity (Wildman–Crippen MR) is 123 cm³/mol. The van der Waals surface area contributed by atoms with Crippen LogP contribution in [0, 0.1) is 20.8 Å². The molecule has 3 aromatic rings. The zero-order chi connectivity index (χ0) is 21.4. The molecule has 1 aliphatic rings. The molecular formula is C23H28N4O2S. The van der Waals surface area contributed by atoms with Crippen molar-refractivity contribution < 1.29 is 9.53 Å². The van der Waals surface area contributed by atoms with Gasteiger partial charge in [0.05, 0.1) is 12.5 Å². The summed E-state index contributed by atoms with van der Waals surface area (Å²) in [6.45, 7) is 11.3. The highest BCUT2D eigenvalue weighted by Crippen LogP contribution is 2.36. The number of piperazine rings is 1. The van der Waals surface area contributed by atoms with E-state index in [0.717, 1.165) is 35.7 Å². The number of benzene rings is 1. The van der Waals surface area contributed by atoms with Crippen molar-refractivity contribution in [2.24, 2.45) is 0 Å². The highest BCUT2D eigenvalue weighted by Gasteiger charge is 2.28. The van der Waals surface area contributed by atoms with E-state index >= 15 is 0 Å². The lowest BCUT2D eigenvalue weighted by atomic mass is 10.1. The Morgan fingerprint density at radius 1 is 1.17 bits per heavy atom. The van der Waals surface area contributed by atoms with Crippen LogP contribution in [0.25, 0.3) is 10.2 Å². The van der Waals surface area contributed by atoms with Crippen molar-refractivity contribution >= 4 is 39.0 Å². The number of hydrogen-bond donors (Lipinski definition) is 0. The summed E-state index contributed by atoms with van der Waals surface area (Å²) in [6, 6.07) is 9.07. The van der Waals surface area contributed by atoms with Crippen LogP contribution in [0.15, 0.2) is 24.3 Å². The number of aromatic nitrogens is 2. The number of nitrogens with zero attached hydrogens (tertiary/aromatic N) is 4. The van der Waals surface area contributed by atoms with Gasteiger partial charge in [0.25, 0.3) is 0 Å². The molecule has 4 rings (SSSR count). The van der Waals surface area contributed by atoms with E-state index in [4.69, 9.17) is 9.72 Å². The predicted octanol–water partition coefficient (Wildman–Crippen LogP) is 4.05. The number of ether oxygens (including phenoxy) is 1. The van der Waals surface area contributed by atoms with Crippen molar-refractivity contribution in [2.75, 3.05) is 36.5 Å². The van der Waals surface area contributed by atoms with Crippen molar-refractivity contribution in [3.8, 4) is 0 Å². The molecule has 0 aliphatic carbocycles. The first-order valence-electron chi connectivity index (χ1n) is 10.3. The zero-order valence-electron chi connectivity index (χ0n) is 18.2. The van der Waals surface area contributed by atoms with Crippen LogP contribution in [0.4, 0.5) is 11.5 Å². The second-order valence-corrected chi connectivity index (χ2v) is 9.21. The van der Waals surface area contributed by atoms with Crippen molar-refractivity contribution in [1.29, 1.82) is 0 Å². The van der Waals surface area contributed by atoms with Crippen LogP contribution in [0.2, 0.25) is 0 Å². The van der Waals surface area contributed by atoms with Gasteiger partial charge in [0.1, 0.15) is 22.9 Å². The Bertz CT molecular complexity index is 1080. The molecule has 7 heteroatoms. The van der Waals surface area contributed by atoms with Crippen molar-refractivity contribution in [1.82, 2.24) is 9.97 Å². The highest BCUT2D eigenvalue weighted by molar-refractivity contribution is 7.18. The Hall–Kier alpha value is -2.67. The van der Waals surface area contributed by atoms with Crippen molar-refractivity contribution in [2.45, 2.75) is 40.2 Å². The van der Waals surface area contributed by atoms with E-state index in [1.807, 2.05) is 0 Å². The number of fused-ring (bicyclic) bond motifs is 1. The normalized spacial score (nSPS) is 16.9. The summed E-state index contributed by atoms with van der Waals surface area (Å²) >= 11 is 1.66. The fourth-order valence-electron chi connectivity index (χ4n) is 4.05. The van der Waals surface area contributed by atoms with E-state index < -0.39 is 0 Å². The molecule has 3 heterocycles. The lowest BCUT2D eigenvalue weighted by molar-refractivity contribution is -0.139. The number of rotatable bonds is 4. The average molecular weight is 425 g/mol. The topological polar surface area (TPSA) is 58.6 Å². The third kappa shape index (κ3) is 3.86. The second-order valence-electron chi connectivity index (χ2n) is 8.00. The Kier molecular flexibility index (Phi) is 5.64. The van der Waals surface area contributed by atoms with Crippen LogP contribution in [0.3, 0.4) is 0 Å². The Morgan fingerprint density at radius 3 is 2.57 bits per heavy atom. The van der Waals surface area contributed by atoms with Gasteiger partial charge in [-0.2, -0.15) is 0 Å². The van der Waals surface area contributed by atoms with Gasteiger partial charge in [-0.05, 0) is 45.4 Å². The first kappa shape index (κ1) is 20.6. The van der Waals surface area contributed by atoms with E-state index in [1.165, 1.54) is 28.8 Å². The van der Waals surface area contributed by atoms with Gasteiger partial charge in [-0.25, -0.2) is 9.97 Å². The van der Waals surface area contributed by atoms with Crippen molar-refractivity contribution in [3.05, 3.63) is 46.1 Å². The number of esters is 1. The zero-order valence-corrected chi connectivity index (χ0v) is 19.0. The standard InChI is InChI=1S/C23H28N4O2S/c1-14-6-8-18(9-7-14)27-11-10-26(13-15(27)2)22-21-16(3)17(4)30-23(21)25-19(24-22)12-20(28)29-5/h6-9,15H,10-13H2,1-5H3/t15-/m1/s1. The monoisotopic (exact) mass is 424 g/mol. The quantitative estimate of drug-likeness (QED) is 0.589. The van der Waals surface area contributed by atoms with Gasteiger partial charge in [0.2, 0.25) is 0 Å². The summed E-state index contributed by atoms with van der Waals surface area (Å²) in [5.74, 6) is 1.15. The molecule has 1 atom stereocenters. The molecule has 1 fully saturated rings. The molecule has 6 nitrogen and oxygen atoms in total. The molecule has 0 radical (unpaired) electrons. The molecule has 30 heavy (non-hydrogen) atoms. The summed E-state index contributed by atoms with van der Waals surface area (Å²) in [4.78, 5) is 28.3. The Morgan fingerprint density at radius 2 is 1.90 bits per heavy atom. The number of methoxy groups -OCH3 is 1. The van der Waals surface area contributed by atoms with Gasteiger partial charge in [-0.3, -0.25) is 4.79 Å². The lowest BCUT2D eigenvalue weighted by Gasteiger charge is -2.42. The van der Waals surface area contributed by atoms with Crippen LogP contribution in [0.5, 0.6) is 0 Å². The SMILES string of the molecule is COC(=O)Cc1nc(N2CCN(c3ccc(C)cc3)[C@H](C)C2)c2c(C)c(C)sc2n1. The Balaban J connectivity index is 1.67. The summed E-state index contributed by atoms with van der Waals surface area (Å²) in [6.07, 6.45) is 0.0916. The van der Waals surface area contributed by atoms with Gasteiger partial charge in [0.15, 0.2) is 0 Å². The number of hydrogen-bond acceptors (Lipinski definition) is 7. The molecule has 0 amide bonds. The fourth-order valence-corrected chi connectivity index (χ4v) is 5.09. The third-order valence-electron chi connectivity index (χ3n) is 5.88. The van der Waals surface area contributed by atoms with Gasteiger partial charge in [-0.1, -0.05) is 17.7 Å². The third-order valence-corrected chi connectivity index (χ3v) is 6.98. The molecule has 0 saturated carbocycles. The Labute approximate surface area is 181 Å². The van der Waals surface area contributed by atoms with Gasteiger partial charge >= 0.3 is 5.97 Å². The molecule has 0 bridgehead atoms. The molecule has 1 aliphatic heterocycles. The van der Waals surface area contributed by atoms with E-state index in [1.54, 1.807) is 11.3 Å². The summed E-state index contributed by atoms with van der Waals surface area (Å²) < 4.78 is 4.83. The van der Waals surface area contributed by atoms with Crippen LogP contribution >= 0.6 is 11.3 Å². The van der Waals surface area contributed by atoms with Gasteiger partial charge < -0.3 is 14.5 Å². The maximum atomic E-state index is 11.8. The molecule has 1 saturated heterocycles. The van der Waals surface area contributed by atoms with Crippen molar-refractivity contribution in [3.63, 3.8) is 0 Å². The molecule has 0 N–H and O–H groups in total. The maximum Gasteiger partial charge on any atom is 0.313 e. The minimum absolute atomic E-state index is 0.0916. The first-order valence-corrected chi connectivity index (χ1v) is 11.1. The fraction of sp³-hybridized carbons (Fsp3) is 0.435. The number of aryl methyl sites for hydroxylation is 3. The van der Waals surface area contributed by atoms with Crippen LogP contribution in [0.1, 0.15) is 28.8 Å².